The third-order valence-corrected chi connectivity index (χ3v) is 5.72. The van der Waals surface area contributed by atoms with Crippen LogP contribution in [0.15, 0.2) is 77.7 Å². The first-order valence-corrected chi connectivity index (χ1v) is 10.3. The van der Waals surface area contributed by atoms with Gasteiger partial charge in [-0.05, 0) is 47.9 Å². The third-order valence-electron chi connectivity index (χ3n) is 4.32. The molecule has 0 unspecified atom stereocenters. The summed E-state index contributed by atoms with van der Waals surface area (Å²) in [6, 6.07) is 19.7. The van der Waals surface area contributed by atoms with E-state index >= 15 is 0 Å². The number of sulfonamides is 1. The highest BCUT2D eigenvalue weighted by Crippen LogP contribution is 2.30. The molecule has 7 heteroatoms. The van der Waals surface area contributed by atoms with E-state index < -0.39 is 14.9 Å². The van der Waals surface area contributed by atoms with Crippen molar-refractivity contribution in [1.29, 1.82) is 0 Å². The Balaban J connectivity index is 1.81. The van der Waals surface area contributed by atoms with Crippen LogP contribution < -0.4 is 4.72 Å². The first-order chi connectivity index (χ1) is 13.4. The van der Waals surface area contributed by atoms with Crippen molar-refractivity contribution >= 4 is 21.4 Å². The molecule has 0 radical (unpaired) electrons. The number of anilines is 1. The van der Waals surface area contributed by atoms with Crippen molar-refractivity contribution in [2.75, 3.05) is 4.72 Å². The van der Waals surface area contributed by atoms with E-state index in [9.17, 15) is 18.5 Å². The largest absolute Gasteiger partial charge is 0.280 e. The molecule has 0 saturated carbocycles. The summed E-state index contributed by atoms with van der Waals surface area (Å²) >= 11 is 0. The van der Waals surface area contributed by atoms with Crippen molar-refractivity contribution in [3.8, 4) is 11.1 Å². The number of nitrogens with one attached hydrogen (secondary N) is 1. The Kier molecular flexibility index (Phi) is 5.75. The van der Waals surface area contributed by atoms with Crippen LogP contribution in [0.4, 0.5) is 11.4 Å². The van der Waals surface area contributed by atoms with Gasteiger partial charge < -0.3 is 0 Å². The van der Waals surface area contributed by atoms with Crippen molar-refractivity contribution in [2.45, 2.75) is 24.7 Å². The molecule has 0 amide bonds. The number of nitrogens with zero attached hydrogens (tertiary/aromatic N) is 1. The standard InChI is InChI=1S/C21H20N2O4S/c1-2-5-16-8-14-19(15-9-16)28(26,27)22-18-12-10-17(11-13-18)20-6-3-4-7-21(20)23(24)25/h3-4,6-15,22H,2,5H2,1H3. The number of para-hydroxylation sites is 1. The lowest BCUT2D eigenvalue weighted by Gasteiger charge is -2.10. The van der Waals surface area contributed by atoms with Crippen LogP contribution in [0.1, 0.15) is 18.9 Å². The maximum Gasteiger partial charge on any atom is 0.277 e. The quantitative estimate of drug-likeness (QED) is 0.449. The van der Waals surface area contributed by atoms with E-state index in [1.807, 2.05) is 12.1 Å². The van der Waals surface area contributed by atoms with E-state index in [1.165, 1.54) is 6.07 Å². The number of hydrogen-bond donors (Lipinski definition) is 1. The zero-order chi connectivity index (χ0) is 20.1. The Morgan fingerprint density at radius 1 is 0.929 bits per heavy atom. The predicted octanol–water partition coefficient (Wildman–Crippen LogP) is 5.02. The summed E-state index contributed by atoms with van der Waals surface area (Å²) in [6.45, 7) is 2.07. The highest BCUT2D eigenvalue weighted by Gasteiger charge is 2.16. The fourth-order valence-electron chi connectivity index (χ4n) is 2.93. The molecule has 3 aromatic rings. The minimum Gasteiger partial charge on any atom is -0.280 e. The zero-order valence-corrected chi connectivity index (χ0v) is 16.1. The molecule has 0 fully saturated rings. The van der Waals surface area contributed by atoms with Crippen molar-refractivity contribution in [3.63, 3.8) is 0 Å². The normalized spacial score (nSPS) is 11.2. The molecule has 0 aliphatic heterocycles. The van der Waals surface area contributed by atoms with Crippen LogP contribution in [0.25, 0.3) is 11.1 Å². The molecular formula is C21H20N2O4S. The SMILES string of the molecule is CCCc1ccc(S(=O)(=O)Nc2ccc(-c3ccccc3[N+](=O)[O-])cc2)cc1. The molecule has 3 rings (SSSR count). The summed E-state index contributed by atoms with van der Waals surface area (Å²) < 4.78 is 27.7. The van der Waals surface area contributed by atoms with Gasteiger partial charge in [0.25, 0.3) is 15.7 Å². The van der Waals surface area contributed by atoms with Crippen LogP contribution >= 0.6 is 0 Å². The second-order valence-corrected chi connectivity index (χ2v) is 8.03. The molecule has 6 nitrogen and oxygen atoms in total. The van der Waals surface area contributed by atoms with Crippen molar-refractivity contribution in [1.82, 2.24) is 0 Å². The molecular weight excluding hydrogens is 376 g/mol. The lowest BCUT2D eigenvalue weighted by molar-refractivity contribution is -0.384. The molecule has 1 N–H and O–H groups in total. The van der Waals surface area contributed by atoms with Gasteiger partial charge in [-0.2, -0.15) is 0 Å². The van der Waals surface area contributed by atoms with E-state index in [0.717, 1.165) is 18.4 Å². The molecule has 0 spiro atoms. The third kappa shape index (κ3) is 4.37. The van der Waals surface area contributed by atoms with Gasteiger partial charge in [0.05, 0.1) is 15.4 Å². The van der Waals surface area contributed by atoms with Crippen molar-refractivity contribution in [2.24, 2.45) is 0 Å². The monoisotopic (exact) mass is 396 g/mol. The summed E-state index contributed by atoms with van der Waals surface area (Å²) in [4.78, 5) is 10.9. The number of hydrogen-bond acceptors (Lipinski definition) is 4. The van der Waals surface area contributed by atoms with Crippen molar-refractivity contribution in [3.05, 3.63) is 88.5 Å². The predicted molar refractivity (Wildman–Crippen MR) is 110 cm³/mol. The fourth-order valence-corrected chi connectivity index (χ4v) is 3.99. The molecule has 0 bridgehead atoms. The van der Waals surface area contributed by atoms with Crippen LogP contribution in [0, 0.1) is 10.1 Å². The molecule has 3 aromatic carbocycles. The minimum atomic E-state index is -3.70. The Labute approximate surface area is 164 Å². The van der Waals surface area contributed by atoms with Crippen LogP contribution in [0.3, 0.4) is 0 Å². The van der Waals surface area contributed by atoms with Crippen LogP contribution in [-0.2, 0) is 16.4 Å². The lowest BCUT2D eigenvalue weighted by Crippen LogP contribution is -2.12. The molecule has 28 heavy (non-hydrogen) atoms. The van der Waals surface area contributed by atoms with E-state index in [0.29, 0.717) is 16.8 Å². The number of rotatable bonds is 7. The molecule has 0 aliphatic rings. The van der Waals surface area contributed by atoms with Gasteiger partial charge in [0.2, 0.25) is 0 Å². The molecule has 0 atom stereocenters. The average Bonchev–Trinajstić information content (AvgIpc) is 2.69. The van der Waals surface area contributed by atoms with E-state index in [2.05, 4.69) is 11.6 Å². The van der Waals surface area contributed by atoms with Crippen LogP contribution in [0.2, 0.25) is 0 Å². The second-order valence-electron chi connectivity index (χ2n) is 6.35. The van der Waals surface area contributed by atoms with Gasteiger partial charge in [-0.1, -0.05) is 49.7 Å². The van der Waals surface area contributed by atoms with Gasteiger partial charge in [0, 0.05) is 11.8 Å². The molecule has 0 heterocycles. The highest BCUT2D eigenvalue weighted by molar-refractivity contribution is 7.92. The maximum absolute atomic E-state index is 12.6. The maximum atomic E-state index is 12.6. The second kappa shape index (κ2) is 8.22. The summed E-state index contributed by atoms with van der Waals surface area (Å²) in [5.74, 6) is 0. The summed E-state index contributed by atoms with van der Waals surface area (Å²) in [5.41, 5.74) is 2.60. The zero-order valence-electron chi connectivity index (χ0n) is 15.3. The van der Waals surface area contributed by atoms with Gasteiger partial charge in [0.1, 0.15) is 0 Å². The van der Waals surface area contributed by atoms with Gasteiger partial charge in [-0.3, -0.25) is 14.8 Å². The first kappa shape index (κ1) is 19.6. The Bertz CT molecular complexity index is 1080. The smallest absolute Gasteiger partial charge is 0.277 e. The van der Waals surface area contributed by atoms with Gasteiger partial charge in [-0.25, -0.2) is 8.42 Å². The van der Waals surface area contributed by atoms with Crippen LogP contribution in [-0.4, -0.2) is 13.3 Å². The van der Waals surface area contributed by atoms with E-state index in [-0.39, 0.29) is 10.6 Å². The number of benzene rings is 3. The van der Waals surface area contributed by atoms with Crippen molar-refractivity contribution < 1.29 is 13.3 Å². The highest BCUT2D eigenvalue weighted by atomic mass is 32.2. The fraction of sp³-hybridized carbons (Fsp3) is 0.143. The van der Waals surface area contributed by atoms with Crippen LogP contribution in [0.5, 0.6) is 0 Å². The minimum absolute atomic E-state index is 0.00278. The summed E-state index contributed by atoms with van der Waals surface area (Å²) in [5, 5.41) is 11.2. The lowest BCUT2D eigenvalue weighted by atomic mass is 10.0. The Hall–Kier alpha value is -3.19. The molecule has 144 valence electrons. The van der Waals surface area contributed by atoms with Gasteiger partial charge in [0.15, 0.2) is 0 Å². The summed E-state index contributed by atoms with van der Waals surface area (Å²) in [6.07, 6.45) is 1.90. The first-order valence-electron chi connectivity index (χ1n) is 8.86. The molecule has 0 aromatic heterocycles. The van der Waals surface area contributed by atoms with Gasteiger partial charge in [-0.15, -0.1) is 0 Å². The topological polar surface area (TPSA) is 89.3 Å². The number of nitro benzene ring substituents is 1. The van der Waals surface area contributed by atoms with Gasteiger partial charge >= 0.3 is 0 Å². The van der Waals surface area contributed by atoms with E-state index in [4.69, 9.17) is 0 Å². The molecule has 0 aliphatic carbocycles. The Morgan fingerprint density at radius 2 is 1.57 bits per heavy atom. The Morgan fingerprint density at radius 3 is 2.18 bits per heavy atom. The number of nitro groups is 1. The molecule has 0 saturated heterocycles. The average molecular weight is 396 g/mol. The number of aryl methyl sites for hydroxylation is 1. The summed E-state index contributed by atoms with van der Waals surface area (Å²) in [7, 11) is -3.70. The van der Waals surface area contributed by atoms with E-state index in [1.54, 1.807) is 54.6 Å².